The number of aromatic nitrogens is 2. The molecule has 0 aliphatic heterocycles. The molecule has 0 saturated heterocycles. The van der Waals surface area contributed by atoms with E-state index in [2.05, 4.69) is 20.6 Å². The molecular formula is C17H20N4O3. The molecule has 0 saturated carbocycles. The molecule has 0 fully saturated rings. The minimum absolute atomic E-state index is 0.0223. The van der Waals surface area contributed by atoms with Gasteiger partial charge < -0.3 is 20.4 Å². The number of H-pyrrole nitrogens is 1. The Labute approximate surface area is 139 Å². The van der Waals surface area contributed by atoms with Crippen LogP contribution in [-0.4, -0.2) is 41.9 Å². The number of aromatic amines is 1. The minimum Gasteiger partial charge on any atom is -0.476 e. The highest BCUT2D eigenvalue weighted by Gasteiger charge is 2.25. The van der Waals surface area contributed by atoms with Gasteiger partial charge in [0.2, 0.25) is 5.88 Å². The molecule has 0 unspecified atom stereocenters. The summed E-state index contributed by atoms with van der Waals surface area (Å²) in [4.78, 5) is 31.7. The van der Waals surface area contributed by atoms with Gasteiger partial charge in [-0.25, -0.2) is 4.98 Å². The first-order valence-electron chi connectivity index (χ1n) is 7.97. The Morgan fingerprint density at radius 3 is 3.00 bits per heavy atom. The Kier molecular flexibility index (Phi) is 4.90. The van der Waals surface area contributed by atoms with Crippen molar-refractivity contribution in [1.29, 1.82) is 0 Å². The lowest BCUT2D eigenvalue weighted by Crippen LogP contribution is -2.18. The maximum Gasteiger partial charge on any atom is 0.257 e. The predicted molar refractivity (Wildman–Crippen MR) is 89.7 cm³/mol. The van der Waals surface area contributed by atoms with E-state index < -0.39 is 0 Å². The number of amides is 1. The molecule has 2 aromatic rings. The maximum atomic E-state index is 12.4. The highest BCUT2D eigenvalue weighted by atomic mass is 16.5. The van der Waals surface area contributed by atoms with Gasteiger partial charge in [0.05, 0.1) is 23.0 Å². The zero-order valence-electron chi connectivity index (χ0n) is 13.5. The molecule has 3 rings (SSSR count). The summed E-state index contributed by atoms with van der Waals surface area (Å²) in [6.45, 7) is 1.25. The quantitative estimate of drug-likeness (QED) is 0.703. The third kappa shape index (κ3) is 3.46. The number of nitrogens with zero attached hydrogens (tertiary/aromatic N) is 1. The van der Waals surface area contributed by atoms with E-state index in [4.69, 9.17) is 4.74 Å². The van der Waals surface area contributed by atoms with Crippen LogP contribution in [0.4, 0.5) is 5.69 Å². The van der Waals surface area contributed by atoms with Crippen molar-refractivity contribution in [2.75, 3.05) is 25.5 Å². The average Bonchev–Trinajstić information content (AvgIpc) is 3.02. The molecule has 7 heteroatoms. The van der Waals surface area contributed by atoms with E-state index in [1.165, 1.54) is 6.20 Å². The number of pyridine rings is 1. The number of ether oxygens (including phenoxy) is 1. The van der Waals surface area contributed by atoms with E-state index in [0.717, 1.165) is 25.1 Å². The summed E-state index contributed by atoms with van der Waals surface area (Å²) in [6, 6.07) is 3.42. The Bertz CT molecular complexity index is 737. The Morgan fingerprint density at radius 2 is 2.25 bits per heavy atom. The van der Waals surface area contributed by atoms with Crippen molar-refractivity contribution >= 4 is 17.4 Å². The molecule has 1 aliphatic rings. The monoisotopic (exact) mass is 328 g/mol. The first-order chi connectivity index (χ1) is 11.7. The van der Waals surface area contributed by atoms with Crippen molar-refractivity contribution in [3.63, 3.8) is 0 Å². The largest absolute Gasteiger partial charge is 0.476 e. The smallest absolute Gasteiger partial charge is 0.257 e. The number of carbonyl (C=O) groups excluding carboxylic acids is 2. The number of fused-ring (bicyclic) bond motifs is 1. The van der Waals surface area contributed by atoms with Crippen molar-refractivity contribution in [2.24, 2.45) is 0 Å². The zero-order valence-corrected chi connectivity index (χ0v) is 13.5. The molecule has 7 nitrogen and oxygen atoms in total. The van der Waals surface area contributed by atoms with Crippen LogP contribution < -0.4 is 15.4 Å². The maximum absolute atomic E-state index is 12.4. The van der Waals surface area contributed by atoms with Crippen LogP contribution in [0.3, 0.4) is 0 Å². The molecule has 1 amide bonds. The van der Waals surface area contributed by atoms with E-state index in [1.807, 2.05) is 7.05 Å². The molecule has 126 valence electrons. The van der Waals surface area contributed by atoms with Crippen LogP contribution in [-0.2, 0) is 6.42 Å². The highest BCUT2D eigenvalue weighted by Crippen LogP contribution is 2.24. The number of Topliss-reactive ketones (excluding diaryl/α,β-unsaturated/α-hetero) is 1. The second-order valence-electron chi connectivity index (χ2n) is 5.62. The molecule has 0 radical (unpaired) electrons. The SMILES string of the molecule is CNCCOc1ccc(NC(=O)c2c[nH]c3c2C(=O)CCC3)cn1. The number of carbonyl (C=O) groups is 2. The molecule has 3 N–H and O–H groups in total. The summed E-state index contributed by atoms with van der Waals surface area (Å²) in [6.07, 6.45) is 5.26. The molecule has 0 bridgehead atoms. The Balaban J connectivity index is 1.67. The van der Waals surface area contributed by atoms with Crippen LogP contribution in [0.25, 0.3) is 0 Å². The number of aryl methyl sites for hydroxylation is 1. The van der Waals surface area contributed by atoms with Crippen molar-refractivity contribution in [3.05, 3.63) is 41.3 Å². The third-order valence-electron chi connectivity index (χ3n) is 3.91. The first-order valence-corrected chi connectivity index (χ1v) is 7.97. The van der Waals surface area contributed by atoms with Crippen LogP contribution in [0.1, 0.15) is 39.3 Å². The summed E-state index contributed by atoms with van der Waals surface area (Å²) in [5, 5.41) is 5.75. The lowest BCUT2D eigenvalue weighted by atomic mass is 9.93. The fourth-order valence-electron chi connectivity index (χ4n) is 2.71. The van der Waals surface area contributed by atoms with Crippen LogP contribution in [0, 0.1) is 0 Å². The average molecular weight is 328 g/mol. The number of hydrogen-bond donors (Lipinski definition) is 3. The predicted octanol–water partition coefficient (Wildman–Crippen LogP) is 1.78. The Morgan fingerprint density at radius 1 is 1.38 bits per heavy atom. The third-order valence-corrected chi connectivity index (χ3v) is 3.91. The van der Waals surface area contributed by atoms with Gasteiger partial charge in [0.25, 0.3) is 5.91 Å². The van der Waals surface area contributed by atoms with Crippen LogP contribution in [0.5, 0.6) is 5.88 Å². The van der Waals surface area contributed by atoms with Gasteiger partial charge in [-0.15, -0.1) is 0 Å². The van der Waals surface area contributed by atoms with Crippen molar-refractivity contribution in [2.45, 2.75) is 19.3 Å². The number of rotatable bonds is 6. The molecule has 0 spiro atoms. The number of ketones is 1. The van der Waals surface area contributed by atoms with Gasteiger partial charge in [-0.1, -0.05) is 0 Å². The van der Waals surface area contributed by atoms with Crippen LogP contribution in [0.2, 0.25) is 0 Å². The molecule has 0 aromatic carbocycles. The lowest BCUT2D eigenvalue weighted by molar-refractivity contribution is 0.0956. The fourth-order valence-corrected chi connectivity index (χ4v) is 2.71. The van der Waals surface area contributed by atoms with Gasteiger partial charge in [-0.2, -0.15) is 0 Å². The fraction of sp³-hybridized carbons (Fsp3) is 0.353. The number of hydrogen-bond acceptors (Lipinski definition) is 5. The Hall–Kier alpha value is -2.67. The number of likely N-dealkylation sites (N-methyl/N-ethyl adjacent to an activating group) is 1. The second-order valence-corrected chi connectivity index (χ2v) is 5.62. The second kappa shape index (κ2) is 7.27. The van der Waals surface area contributed by atoms with Gasteiger partial charge in [0, 0.05) is 30.9 Å². The van der Waals surface area contributed by atoms with Gasteiger partial charge in [-0.05, 0) is 26.0 Å². The van der Waals surface area contributed by atoms with E-state index in [1.54, 1.807) is 18.3 Å². The van der Waals surface area contributed by atoms with E-state index in [9.17, 15) is 9.59 Å². The lowest BCUT2D eigenvalue weighted by Gasteiger charge is -2.12. The van der Waals surface area contributed by atoms with Crippen LogP contribution in [0.15, 0.2) is 24.5 Å². The number of nitrogens with one attached hydrogen (secondary N) is 3. The zero-order chi connectivity index (χ0) is 16.9. The van der Waals surface area contributed by atoms with E-state index in [-0.39, 0.29) is 11.7 Å². The molecule has 2 aromatic heterocycles. The van der Waals surface area contributed by atoms with Crippen LogP contribution >= 0.6 is 0 Å². The first kappa shape index (κ1) is 16.2. The van der Waals surface area contributed by atoms with Gasteiger partial charge in [0.15, 0.2) is 5.78 Å². The van der Waals surface area contributed by atoms with E-state index >= 15 is 0 Å². The summed E-state index contributed by atoms with van der Waals surface area (Å²) in [7, 11) is 1.85. The summed E-state index contributed by atoms with van der Waals surface area (Å²) in [5.41, 5.74) is 2.32. The molecule has 24 heavy (non-hydrogen) atoms. The van der Waals surface area contributed by atoms with Crippen molar-refractivity contribution in [1.82, 2.24) is 15.3 Å². The van der Waals surface area contributed by atoms with Crippen molar-refractivity contribution in [3.8, 4) is 5.88 Å². The summed E-state index contributed by atoms with van der Waals surface area (Å²) < 4.78 is 5.43. The van der Waals surface area contributed by atoms with Crippen molar-refractivity contribution < 1.29 is 14.3 Å². The summed E-state index contributed by atoms with van der Waals surface area (Å²) in [5.74, 6) is 0.208. The molecular weight excluding hydrogens is 308 g/mol. The molecule has 0 atom stereocenters. The highest BCUT2D eigenvalue weighted by molar-refractivity contribution is 6.13. The minimum atomic E-state index is -0.312. The van der Waals surface area contributed by atoms with Gasteiger partial charge in [-0.3, -0.25) is 9.59 Å². The van der Waals surface area contributed by atoms with Gasteiger partial charge >= 0.3 is 0 Å². The van der Waals surface area contributed by atoms with E-state index in [0.29, 0.717) is 35.7 Å². The standard InChI is InChI=1S/C17H20N4O3/c1-18-7-8-24-15-6-5-11(9-20-15)21-17(23)12-10-19-13-3-2-4-14(22)16(12)13/h5-6,9-10,18-19H,2-4,7-8H2,1H3,(H,21,23). The molecule has 1 aliphatic carbocycles. The van der Waals surface area contributed by atoms with Gasteiger partial charge in [0.1, 0.15) is 6.61 Å². The normalized spacial score (nSPS) is 13.5. The number of anilines is 1. The molecule has 2 heterocycles. The topological polar surface area (TPSA) is 96.1 Å². The summed E-state index contributed by atoms with van der Waals surface area (Å²) >= 11 is 0.